The summed E-state index contributed by atoms with van der Waals surface area (Å²) in [4.78, 5) is 26.7. The van der Waals surface area contributed by atoms with Gasteiger partial charge >= 0.3 is 0 Å². The van der Waals surface area contributed by atoms with E-state index in [9.17, 15) is 14.7 Å². The Morgan fingerprint density at radius 2 is 1.85 bits per heavy atom. The number of aliphatic hydroxyl groups is 1. The number of nitrogens with zero attached hydrogens (tertiary/aromatic N) is 1. The van der Waals surface area contributed by atoms with Gasteiger partial charge in [-0.2, -0.15) is 0 Å². The van der Waals surface area contributed by atoms with Gasteiger partial charge in [-0.3, -0.25) is 9.59 Å². The van der Waals surface area contributed by atoms with Gasteiger partial charge in [0, 0.05) is 29.9 Å². The molecule has 150 valence electrons. The Morgan fingerprint density at radius 1 is 1.26 bits per heavy atom. The molecule has 2 amide bonds. The van der Waals surface area contributed by atoms with Gasteiger partial charge in [0.25, 0.3) is 0 Å². The Balaban J connectivity index is 2.21. The first-order valence-electron chi connectivity index (χ1n) is 9.58. The van der Waals surface area contributed by atoms with E-state index in [2.05, 4.69) is 5.32 Å². The van der Waals surface area contributed by atoms with Crippen LogP contribution in [0, 0.1) is 11.3 Å². The van der Waals surface area contributed by atoms with Gasteiger partial charge in [-0.25, -0.2) is 0 Å². The lowest BCUT2D eigenvalue weighted by Gasteiger charge is -2.51. The molecule has 1 heterocycles. The van der Waals surface area contributed by atoms with E-state index in [0.717, 1.165) is 5.56 Å². The summed E-state index contributed by atoms with van der Waals surface area (Å²) in [5, 5.41) is 14.9. The molecule has 2 atom stereocenters. The minimum Gasteiger partial charge on any atom is -0.384 e. The number of halogens is 1. The first kappa shape index (κ1) is 21.7. The maximum Gasteiger partial charge on any atom is 0.245 e. The zero-order chi connectivity index (χ0) is 20.4. The average Bonchev–Trinajstić information content (AvgIpc) is 2.61. The van der Waals surface area contributed by atoms with Crippen molar-refractivity contribution >= 4 is 23.4 Å². The zero-order valence-electron chi connectivity index (χ0n) is 16.9. The molecule has 5 nitrogen and oxygen atoms in total. The predicted molar refractivity (Wildman–Crippen MR) is 107 cm³/mol. The van der Waals surface area contributed by atoms with E-state index in [4.69, 9.17) is 11.6 Å². The molecule has 1 aliphatic rings. The summed E-state index contributed by atoms with van der Waals surface area (Å²) >= 11 is 5.98. The first-order chi connectivity index (χ1) is 12.5. The van der Waals surface area contributed by atoms with E-state index in [0.29, 0.717) is 31.0 Å². The van der Waals surface area contributed by atoms with E-state index < -0.39 is 17.1 Å². The van der Waals surface area contributed by atoms with Crippen LogP contribution in [0.5, 0.6) is 0 Å². The number of carbonyl (C=O) groups is 2. The maximum absolute atomic E-state index is 13.1. The fraction of sp³-hybridized carbons (Fsp3) is 0.619. The second kappa shape index (κ2) is 8.19. The highest BCUT2D eigenvalue weighted by molar-refractivity contribution is 6.30. The highest BCUT2D eigenvalue weighted by atomic mass is 35.5. The highest BCUT2D eigenvalue weighted by Crippen LogP contribution is 2.46. The van der Waals surface area contributed by atoms with Gasteiger partial charge in [-0.1, -0.05) is 58.4 Å². The van der Waals surface area contributed by atoms with Crippen LogP contribution >= 0.6 is 11.6 Å². The van der Waals surface area contributed by atoms with Crippen molar-refractivity contribution in [2.24, 2.45) is 11.3 Å². The van der Waals surface area contributed by atoms with Crippen molar-refractivity contribution in [3.63, 3.8) is 0 Å². The number of amides is 2. The number of rotatable bonds is 5. The van der Waals surface area contributed by atoms with Gasteiger partial charge in [0.15, 0.2) is 0 Å². The second-order valence-electron chi connectivity index (χ2n) is 8.40. The minimum atomic E-state index is -1.05. The van der Waals surface area contributed by atoms with E-state index >= 15 is 0 Å². The number of hydrogen-bond acceptors (Lipinski definition) is 3. The van der Waals surface area contributed by atoms with E-state index in [1.165, 1.54) is 0 Å². The van der Waals surface area contributed by atoms with Crippen molar-refractivity contribution in [1.82, 2.24) is 10.2 Å². The van der Waals surface area contributed by atoms with Gasteiger partial charge < -0.3 is 15.3 Å². The van der Waals surface area contributed by atoms with Gasteiger partial charge in [0.1, 0.15) is 6.04 Å². The first-order valence-corrected chi connectivity index (χ1v) is 9.96. The van der Waals surface area contributed by atoms with Gasteiger partial charge in [-0.05, 0) is 30.0 Å². The minimum absolute atomic E-state index is 0.00631. The third-order valence-electron chi connectivity index (χ3n) is 5.65. The fourth-order valence-corrected chi connectivity index (χ4v) is 3.88. The Kier molecular flexibility index (Phi) is 6.59. The Morgan fingerprint density at radius 3 is 2.33 bits per heavy atom. The molecule has 0 saturated carbocycles. The van der Waals surface area contributed by atoms with Gasteiger partial charge in [-0.15, -0.1) is 0 Å². The summed E-state index contributed by atoms with van der Waals surface area (Å²) in [7, 11) is 0. The summed E-state index contributed by atoms with van der Waals surface area (Å²) in [5.74, 6) is -0.220. The lowest BCUT2D eigenvalue weighted by atomic mass is 9.66. The van der Waals surface area contributed by atoms with Gasteiger partial charge in [0.05, 0.1) is 5.60 Å². The third-order valence-corrected chi connectivity index (χ3v) is 5.91. The maximum atomic E-state index is 13.1. The van der Waals surface area contributed by atoms with Crippen molar-refractivity contribution in [2.45, 2.75) is 59.1 Å². The van der Waals surface area contributed by atoms with Crippen LogP contribution in [0.2, 0.25) is 5.02 Å². The summed E-state index contributed by atoms with van der Waals surface area (Å²) in [6.45, 7) is 10.4. The lowest BCUT2D eigenvalue weighted by Crippen LogP contribution is -2.60. The number of likely N-dealkylation sites (tertiary alicyclic amines) is 1. The van der Waals surface area contributed by atoms with Crippen molar-refractivity contribution in [1.29, 1.82) is 0 Å². The van der Waals surface area contributed by atoms with Crippen LogP contribution in [-0.2, 0) is 15.2 Å². The molecule has 6 heteroatoms. The summed E-state index contributed by atoms with van der Waals surface area (Å²) in [6.07, 6.45) is 0.776. The third kappa shape index (κ3) is 4.46. The molecule has 1 fully saturated rings. The van der Waals surface area contributed by atoms with Crippen LogP contribution in [-0.4, -0.2) is 41.0 Å². The number of benzene rings is 1. The van der Waals surface area contributed by atoms with Crippen molar-refractivity contribution in [3.8, 4) is 0 Å². The van der Waals surface area contributed by atoms with Crippen molar-refractivity contribution < 1.29 is 14.7 Å². The highest BCUT2D eigenvalue weighted by Gasteiger charge is 2.50. The number of nitrogens with one attached hydrogen (secondary N) is 1. The average molecular weight is 395 g/mol. The Bertz CT molecular complexity index is 687. The summed E-state index contributed by atoms with van der Waals surface area (Å²) in [5.41, 5.74) is -0.789. The lowest BCUT2D eigenvalue weighted by molar-refractivity contribution is -0.156. The summed E-state index contributed by atoms with van der Waals surface area (Å²) in [6, 6.07) is 6.70. The molecule has 1 saturated heterocycles. The molecular formula is C21H31ClN2O3. The van der Waals surface area contributed by atoms with Crippen LogP contribution in [0.15, 0.2) is 24.3 Å². The van der Waals surface area contributed by atoms with Crippen LogP contribution < -0.4 is 5.32 Å². The Hall–Kier alpha value is -1.59. The van der Waals surface area contributed by atoms with E-state index in [-0.39, 0.29) is 17.7 Å². The second-order valence-corrected chi connectivity index (χ2v) is 8.84. The molecule has 0 radical (unpaired) electrons. The van der Waals surface area contributed by atoms with Crippen LogP contribution in [0.25, 0.3) is 0 Å². The van der Waals surface area contributed by atoms with Crippen LogP contribution in [0.1, 0.15) is 53.0 Å². The van der Waals surface area contributed by atoms with Crippen LogP contribution in [0.4, 0.5) is 0 Å². The molecule has 2 N–H and O–H groups in total. The largest absolute Gasteiger partial charge is 0.384 e. The van der Waals surface area contributed by atoms with Crippen molar-refractivity contribution in [2.75, 3.05) is 13.1 Å². The molecule has 27 heavy (non-hydrogen) atoms. The number of hydrogen-bond donors (Lipinski definition) is 2. The molecule has 0 spiro atoms. The normalized spacial score (nSPS) is 23.2. The topological polar surface area (TPSA) is 69.6 Å². The van der Waals surface area contributed by atoms with E-state index in [1.54, 1.807) is 24.0 Å². The SMILES string of the molecule is CCC(=O)N[C@@H](C(=O)N1CC[C@](O)(c2ccc(Cl)cc2)C(C)(C)C1)C(C)C. The molecule has 1 aromatic carbocycles. The molecule has 0 aliphatic carbocycles. The quantitative estimate of drug-likeness (QED) is 0.804. The van der Waals surface area contributed by atoms with Crippen LogP contribution in [0.3, 0.4) is 0 Å². The molecule has 0 aromatic heterocycles. The van der Waals surface area contributed by atoms with Crippen molar-refractivity contribution in [3.05, 3.63) is 34.9 Å². The molecular weight excluding hydrogens is 364 g/mol. The molecule has 2 rings (SSSR count). The van der Waals surface area contributed by atoms with Gasteiger partial charge in [0.2, 0.25) is 11.8 Å². The smallest absolute Gasteiger partial charge is 0.245 e. The fourth-order valence-electron chi connectivity index (χ4n) is 3.76. The molecule has 1 aliphatic heterocycles. The summed E-state index contributed by atoms with van der Waals surface area (Å²) < 4.78 is 0. The number of piperidine rings is 1. The molecule has 1 aromatic rings. The number of carbonyl (C=O) groups excluding carboxylic acids is 2. The molecule has 0 unspecified atom stereocenters. The van der Waals surface area contributed by atoms with E-state index in [1.807, 2.05) is 39.8 Å². The Labute approximate surface area is 167 Å². The zero-order valence-corrected chi connectivity index (χ0v) is 17.6. The predicted octanol–water partition coefficient (Wildman–Crippen LogP) is 3.34. The molecule has 0 bridgehead atoms. The monoisotopic (exact) mass is 394 g/mol. The standard InChI is InChI=1S/C21H31ClN2O3/c1-6-17(25)23-18(14(2)3)19(26)24-12-11-21(27,20(4,5)13-24)15-7-9-16(22)10-8-15/h7-10,14,18,27H,6,11-13H2,1-5H3,(H,23,25)/t18-,21+/m1/s1.